The Hall–Kier alpha value is -1.43. The molecule has 0 N–H and O–H groups in total. The summed E-state index contributed by atoms with van der Waals surface area (Å²) in [6.07, 6.45) is 0.148. The molecule has 2 heterocycles. The molecule has 0 radical (unpaired) electrons. The predicted octanol–water partition coefficient (Wildman–Crippen LogP) is 0.679. The Morgan fingerprint density at radius 3 is 2.76 bits per heavy atom. The molecular weight excluding hydrogens is 220 g/mol. The van der Waals surface area contributed by atoms with Crippen molar-refractivity contribution in [3.8, 4) is 0 Å². The lowest BCUT2D eigenvalue weighted by atomic mass is 10.3. The molecular formula is C11H18N4O2. The maximum atomic E-state index is 12.0. The molecule has 0 fully saturated rings. The number of nitrogens with zero attached hydrogens (tertiary/aromatic N) is 4. The number of hydrogen-bond donors (Lipinski definition) is 0. The van der Waals surface area contributed by atoms with Gasteiger partial charge in [0.1, 0.15) is 6.61 Å². The van der Waals surface area contributed by atoms with Gasteiger partial charge in [-0.05, 0) is 20.8 Å². The molecule has 0 saturated carbocycles. The molecule has 1 aliphatic heterocycles. The Bertz CT molecular complexity index is 414. The highest BCUT2D eigenvalue weighted by Gasteiger charge is 2.27. The van der Waals surface area contributed by atoms with Gasteiger partial charge in [-0.25, -0.2) is 0 Å². The number of ether oxygens (including phenoxy) is 1. The van der Waals surface area contributed by atoms with Crippen molar-refractivity contribution in [3.05, 3.63) is 11.6 Å². The molecule has 0 saturated heterocycles. The van der Waals surface area contributed by atoms with Crippen LogP contribution in [0.5, 0.6) is 0 Å². The second kappa shape index (κ2) is 4.83. The fourth-order valence-corrected chi connectivity index (χ4v) is 1.84. The van der Waals surface area contributed by atoms with Gasteiger partial charge in [0, 0.05) is 19.6 Å². The summed E-state index contributed by atoms with van der Waals surface area (Å²) in [4.78, 5) is 13.7. The highest BCUT2D eigenvalue weighted by molar-refractivity contribution is 5.91. The number of rotatable bonds is 4. The van der Waals surface area contributed by atoms with Crippen LogP contribution in [-0.4, -0.2) is 44.8 Å². The molecule has 0 unspecified atom stereocenters. The van der Waals surface area contributed by atoms with E-state index in [1.54, 1.807) is 4.90 Å². The van der Waals surface area contributed by atoms with E-state index < -0.39 is 0 Å². The fraction of sp³-hybridized carbons (Fsp3) is 0.727. The third-order valence-electron chi connectivity index (χ3n) is 2.83. The summed E-state index contributed by atoms with van der Waals surface area (Å²) in [5.74, 6) is 1.13. The van der Waals surface area contributed by atoms with Crippen molar-refractivity contribution in [2.45, 2.75) is 40.0 Å². The molecule has 1 amide bonds. The van der Waals surface area contributed by atoms with E-state index >= 15 is 0 Å². The van der Waals surface area contributed by atoms with Gasteiger partial charge in [0.25, 0.3) is 5.91 Å². The van der Waals surface area contributed by atoms with Gasteiger partial charge in [-0.3, -0.25) is 4.79 Å². The predicted molar refractivity (Wildman–Crippen MR) is 61.5 cm³/mol. The number of amides is 1. The highest BCUT2D eigenvalue weighted by atomic mass is 16.5. The first-order chi connectivity index (χ1) is 8.13. The smallest absolute Gasteiger partial charge is 0.291 e. The van der Waals surface area contributed by atoms with Crippen LogP contribution >= 0.6 is 0 Å². The van der Waals surface area contributed by atoms with E-state index in [-0.39, 0.29) is 12.0 Å². The summed E-state index contributed by atoms with van der Waals surface area (Å²) in [5.41, 5.74) is 0. The maximum absolute atomic E-state index is 12.0. The average Bonchev–Trinajstić information content (AvgIpc) is 2.71. The average molecular weight is 238 g/mol. The molecule has 0 bridgehead atoms. The molecule has 2 rings (SSSR count). The van der Waals surface area contributed by atoms with Crippen molar-refractivity contribution in [2.75, 3.05) is 13.1 Å². The SMILES string of the molecule is CCN1CCn2c(COC(C)C)nnc2C1=O. The number of carbonyl (C=O) groups excluding carboxylic acids is 1. The van der Waals surface area contributed by atoms with E-state index in [4.69, 9.17) is 4.74 Å². The third kappa shape index (κ3) is 2.31. The topological polar surface area (TPSA) is 60.2 Å². The largest absolute Gasteiger partial charge is 0.371 e. The van der Waals surface area contributed by atoms with Crippen LogP contribution in [0.25, 0.3) is 0 Å². The number of likely N-dealkylation sites (N-methyl/N-ethyl adjacent to an activating group) is 1. The van der Waals surface area contributed by atoms with Gasteiger partial charge >= 0.3 is 0 Å². The molecule has 1 aromatic heterocycles. The normalized spacial score (nSPS) is 15.5. The molecule has 17 heavy (non-hydrogen) atoms. The van der Waals surface area contributed by atoms with Gasteiger partial charge in [-0.2, -0.15) is 0 Å². The summed E-state index contributed by atoms with van der Waals surface area (Å²) in [6, 6.07) is 0. The monoisotopic (exact) mass is 238 g/mol. The van der Waals surface area contributed by atoms with Gasteiger partial charge in [0.2, 0.25) is 5.82 Å². The van der Waals surface area contributed by atoms with Gasteiger partial charge < -0.3 is 14.2 Å². The molecule has 0 aromatic carbocycles. The summed E-state index contributed by atoms with van der Waals surface area (Å²) in [6.45, 7) is 8.49. The highest BCUT2D eigenvalue weighted by Crippen LogP contribution is 2.13. The molecule has 1 aliphatic rings. The maximum Gasteiger partial charge on any atom is 0.291 e. The molecule has 6 nitrogen and oxygen atoms in total. The van der Waals surface area contributed by atoms with E-state index in [2.05, 4.69) is 10.2 Å². The minimum absolute atomic E-state index is 0.0398. The van der Waals surface area contributed by atoms with E-state index in [1.165, 1.54) is 0 Å². The Morgan fingerprint density at radius 1 is 1.35 bits per heavy atom. The van der Waals surface area contributed by atoms with Gasteiger partial charge in [0.05, 0.1) is 6.10 Å². The summed E-state index contributed by atoms with van der Waals surface area (Å²) < 4.78 is 7.35. The third-order valence-corrected chi connectivity index (χ3v) is 2.83. The number of aromatic nitrogens is 3. The number of hydrogen-bond acceptors (Lipinski definition) is 4. The van der Waals surface area contributed by atoms with Gasteiger partial charge in [-0.15, -0.1) is 10.2 Å². The second-order valence-corrected chi connectivity index (χ2v) is 4.34. The Kier molecular flexibility index (Phi) is 3.42. The minimum Gasteiger partial charge on any atom is -0.371 e. The van der Waals surface area contributed by atoms with E-state index in [0.29, 0.717) is 19.0 Å². The van der Waals surface area contributed by atoms with Crippen molar-refractivity contribution in [3.63, 3.8) is 0 Å². The van der Waals surface area contributed by atoms with Crippen molar-refractivity contribution in [1.29, 1.82) is 0 Å². The molecule has 94 valence electrons. The van der Waals surface area contributed by atoms with Crippen LogP contribution in [0.4, 0.5) is 0 Å². The van der Waals surface area contributed by atoms with Gasteiger partial charge in [-0.1, -0.05) is 0 Å². The van der Waals surface area contributed by atoms with Crippen LogP contribution in [0.3, 0.4) is 0 Å². The minimum atomic E-state index is -0.0398. The first kappa shape index (κ1) is 12.0. The Labute approximate surface area is 101 Å². The zero-order valence-electron chi connectivity index (χ0n) is 10.5. The number of fused-ring (bicyclic) bond motifs is 1. The zero-order valence-corrected chi connectivity index (χ0v) is 10.5. The van der Waals surface area contributed by atoms with Crippen LogP contribution in [0, 0.1) is 0 Å². The first-order valence-electron chi connectivity index (χ1n) is 5.96. The number of carbonyl (C=O) groups is 1. The van der Waals surface area contributed by atoms with Crippen LogP contribution < -0.4 is 0 Å². The lowest BCUT2D eigenvalue weighted by molar-refractivity contribution is 0.0568. The Balaban J connectivity index is 2.16. The lowest BCUT2D eigenvalue weighted by Gasteiger charge is -2.26. The van der Waals surface area contributed by atoms with E-state index in [0.717, 1.165) is 18.9 Å². The molecule has 6 heteroatoms. The van der Waals surface area contributed by atoms with Crippen molar-refractivity contribution in [1.82, 2.24) is 19.7 Å². The summed E-state index contributed by atoms with van der Waals surface area (Å²) in [7, 11) is 0. The standard InChI is InChI=1S/C11H18N4O2/c1-4-14-5-6-15-9(7-17-8(2)3)12-13-10(15)11(14)16/h8H,4-7H2,1-3H3. The zero-order chi connectivity index (χ0) is 12.4. The lowest BCUT2D eigenvalue weighted by Crippen LogP contribution is -2.40. The van der Waals surface area contributed by atoms with Crippen LogP contribution in [-0.2, 0) is 17.9 Å². The molecule has 1 aromatic rings. The van der Waals surface area contributed by atoms with Crippen molar-refractivity contribution >= 4 is 5.91 Å². The van der Waals surface area contributed by atoms with Crippen LogP contribution in [0.1, 0.15) is 37.2 Å². The van der Waals surface area contributed by atoms with Gasteiger partial charge in [0.15, 0.2) is 5.82 Å². The molecule has 0 spiro atoms. The summed E-state index contributed by atoms with van der Waals surface area (Å²) >= 11 is 0. The van der Waals surface area contributed by atoms with E-state index in [1.807, 2.05) is 25.3 Å². The van der Waals surface area contributed by atoms with Crippen molar-refractivity contribution in [2.24, 2.45) is 0 Å². The fourth-order valence-electron chi connectivity index (χ4n) is 1.84. The van der Waals surface area contributed by atoms with E-state index in [9.17, 15) is 4.79 Å². The first-order valence-corrected chi connectivity index (χ1v) is 5.96. The van der Waals surface area contributed by atoms with Crippen LogP contribution in [0.15, 0.2) is 0 Å². The Morgan fingerprint density at radius 2 is 2.12 bits per heavy atom. The summed E-state index contributed by atoms with van der Waals surface area (Å²) in [5, 5.41) is 7.99. The second-order valence-electron chi connectivity index (χ2n) is 4.34. The molecule has 0 atom stereocenters. The quantitative estimate of drug-likeness (QED) is 0.774. The van der Waals surface area contributed by atoms with Crippen LogP contribution in [0.2, 0.25) is 0 Å². The molecule has 0 aliphatic carbocycles. The van der Waals surface area contributed by atoms with Crippen molar-refractivity contribution < 1.29 is 9.53 Å².